The van der Waals surface area contributed by atoms with Crippen LogP contribution >= 0.6 is 27.5 Å². The zero-order valence-corrected chi connectivity index (χ0v) is 12.4. The number of benzene rings is 2. The van der Waals surface area contributed by atoms with Crippen LogP contribution in [0.25, 0.3) is 0 Å². The van der Waals surface area contributed by atoms with Gasteiger partial charge in [-0.05, 0) is 45.8 Å². The van der Waals surface area contributed by atoms with Gasteiger partial charge in [0.15, 0.2) is 0 Å². The van der Waals surface area contributed by atoms with Crippen molar-refractivity contribution in [1.82, 2.24) is 0 Å². The van der Waals surface area contributed by atoms with Crippen LogP contribution in [0.3, 0.4) is 0 Å². The number of halogens is 2. The van der Waals surface area contributed by atoms with Gasteiger partial charge in [-0.15, -0.1) is 0 Å². The van der Waals surface area contributed by atoms with Crippen molar-refractivity contribution in [2.75, 3.05) is 6.54 Å². The molecule has 0 heterocycles. The molecule has 94 valence electrons. The lowest BCUT2D eigenvalue weighted by Crippen LogP contribution is -1.82. The molecule has 1 nitrogen and oxygen atoms in total. The molecule has 0 N–H and O–H groups in total. The van der Waals surface area contributed by atoms with E-state index in [1.807, 2.05) is 48.5 Å². The average Bonchev–Trinajstić information content (AvgIpc) is 2.42. The van der Waals surface area contributed by atoms with Crippen molar-refractivity contribution < 1.29 is 0 Å². The minimum atomic E-state index is 0.476. The van der Waals surface area contributed by atoms with Gasteiger partial charge in [0.2, 0.25) is 0 Å². The Morgan fingerprint density at radius 3 is 2.58 bits per heavy atom. The van der Waals surface area contributed by atoms with E-state index in [4.69, 9.17) is 11.6 Å². The molecule has 0 aliphatic heterocycles. The van der Waals surface area contributed by atoms with Gasteiger partial charge in [-0.1, -0.05) is 47.7 Å². The summed E-state index contributed by atoms with van der Waals surface area (Å²) < 4.78 is 1.00. The normalized spacial score (nSPS) is 10.2. The molecule has 0 aromatic heterocycles. The fourth-order valence-electron chi connectivity index (χ4n) is 1.44. The van der Waals surface area contributed by atoms with Crippen LogP contribution in [0.2, 0.25) is 5.02 Å². The SMILES string of the molecule is Clc1ccc(C=NCC#Cc2ccccc2Br)cc1. The molecular weight excluding hydrogens is 322 g/mol. The molecule has 0 bridgehead atoms. The van der Waals surface area contributed by atoms with Gasteiger partial charge in [0.25, 0.3) is 0 Å². The van der Waals surface area contributed by atoms with Gasteiger partial charge in [-0.3, -0.25) is 4.99 Å². The summed E-state index contributed by atoms with van der Waals surface area (Å²) in [5, 5.41) is 0.728. The summed E-state index contributed by atoms with van der Waals surface area (Å²) in [6.45, 7) is 0.476. The predicted octanol–water partition coefficient (Wildman–Crippen LogP) is 4.57. The highest BCUT2D eigenvalue weighted by Gasteiger charge is 1.91. The maximum atomic E-state index is 5.81. The van der Waals surface area contributed by atoms with Crippen molar-refractivity contribution in [3.05, 3.63) is 69.2 Å². The van der Waals surface area contributed by atoms with Crippen LogP contribution in [0.5, 0.6) is 0 Å². The third-order valence-corrected chi connectivity index (χ3v) is 3.32. The summed E-state index contributed by atoms with van der Waals surface area (Å²) in [4.78, 5) is 4.26. The fraction of sp³-hybridized carbons (Fsp3) is 0.0625. The number of nitrogens with zero attached hydrogens (tertiary/aromatic N) is 1. The van der Waals surface area contributed by atoms with Crippen LogP contribution in [0.4, 0.5) is 0 Å². The lowest BCUT2D eigenvalue weighted by Gasteiger charge is -1.93. The molecule has 2 aromatic rings. The van der Waals surface area contributed by atoms with Gasteiger partial charge in [0.1, 0.15) is 6.54 Å². The highest BCUT2D eigenvalue weighted by Crippen LogP contribution is 2.14. The number of hydrogen-bond donors (Lipinski definition) is 0. The van der Waals surface area contributed by atoms with Crippen molar-refractivity contribution in [2.45, 2.75) is 0 Å². The first-order valence-electron chi connectivity index (χ1n) is 5.74. The maximum Gasteiger partial charge on any atom is 0.100 e. The lowest BCUT2D eigenvalue weighted by atomic mass is 10.2. The monoisotopic (exact) mass is 331 g/mol. The van der Waals surface area contributed by atoms with E-state index in [-0.39, 0.29) is 0 Å². The fourth-order valence-corrected chi connectivity index (χ4v) is 1.95. The molecule has 0 saturated heterocycles. The van der Waals surface area contributed by atoms with Gasteiger partial charge in [0, 0.05) is 21.3 Å². The van der Waals surface area contributed by atoms with Gasteiger partial charge in [0.05, 0.1) is 0 Å². The van der Waals surface area contributed by atoms with Crippen molar-refractivity contribution in [2.24, 2.45) is 4.99 Å². The van der Waals surface area contributed by atoms with E-state index in [1.165, 1.54) is 0 Å². The Balaban J connectivity index is 1.94. The Morgan fingerprint density at radius 2 is 1.84 bits per heavy atom. The molecule has 0 unspecified atom stereocenters. The summed E-state index contributed by atoms with van der Waals surface area (Å²) in [6.07, 6.45) is 1.80. The zero-order valence-electron chi connectivity index (χ0n) is 10.1. The highest BCUT2D eigenvalue weighted by molar-refractivity contribution is 9.10. The van der Waals surface area contributed by atoms with E-state index in [2.05, 4.69) is 32.8 Å². The van der Waals surface area contributed by atoms with Crippen LogP contribution in [-0.4, -0.2) is 12.8 Å². The van der Waals surface area contributed by atoms with E-state index < -0.39 is 0 Å². The zero-order chi connectivity index (χ0) is 13.5. The van der Waals surface area contributed by atoms with Crippen LogP contribution in [0.15, 0.2) is 58.0 Å². The molecule has 0 radical (unpaired) electrons. The molecule has 0 aliphatic carbocycles. The molecule has 2 aromatic carbocycles. The first-order valence-corrected chi connectivity index (χ1v) is 6.91. The minimum Gasteiger partial charge on any atom is -0.280 e. The second kappa shape index (κ2) is 7.13. The summed E-state index contributed by atoms with van der Waals surface area (Å²) in [7, 11) is 0. The Labute approximate surface area is 126 Å². The standard InChI is InChI=1S/C16H11BrClN/c17-16-6-2-1-4-14(16)5-3-11-19-12-13-7-9-15(18)10-8-13/h1-2,4,6-10,12H,11H2. The first-order chi connectivity index (χ1) is 9.25. The predicted molar refractivity (Wildman–Crippen MR) is 84.9 cm³/mol. The molecular formula is C16H11BrClN. The summed E-state index contributed by atoms with van der Waals surface area (Å²) in [5.74, 6) is 6.10. The molecule has 0 atom stereocenters. The third kappa shape index (κ3) is 4.55. The number of aliphatic imine (C=N–C) groups is 1. The molecule has 0 aliphatic rings. The van der Waals surface area contributed by atoms with Crippen molar-refractivity contribution >= 4 is 33.7 Å². The molecule has 0 spiro atoms. The maximum absolute atomic E-state index is 5.81. The van der Waals surface area contributed by atoms with Crippen molar-refractivity contribution in [3.8, 4) is 11.8 Å². The molecule has 19 heavy (non-hydrogen) atoms. The van der Waals surface area contributed by atoms with E-state index in [1.54, 1.807) is 6.21 Å². The first kappa shape index (κ1) is 13.9. The van der Waals surface area contributed by atoms with Crippen molar-refractivity contribution in [1.29, 1.82) is 0 Å². The molecule has 2 rings (SSSR count). The van der Waals surface area contributed by atoms with Gasteiger partial charge >= 0.3 is 0 Å². The topological polar surface area (TPSA) is 12.4 Å². The molecule has 3 heteroatoms. The average molecular weight is 333 g/mol. The van der Waals surface area contributed by atoms with Crippen LogP contribution in [0.1, 0.15) is 11.1 Å². The lowest BCUT2D eigenvalue weighted by molar-refractivity contribution is 1.30. The number of hydrogen-bond acceptors (Lipinski definition) is 1. The largest absolute Gasteiger partial charge is 0.280 e. The Bertz CT molecular complexity index is 636. The van der Waals surface area contributed by atoms with E-state index in [0.717, 1.165) is 20.6 Å². The van der Waals surface area contributed by atoms with Crippen LogP contribution < -0.4 is 0 Å². The van der Waals surface area contributed by atoms with E-state index >= 15 is 0 Å². The Kier molecular flexibility index (Phi) is 5.20. The second-order valence-corrected chi connectivity index (χ2v) is 5.09. The number of rotatable bonds is 2. The van der Waals surface area contributed by atoms with Crippen molar-refractivity contribution in [3.63, 3.8) is 0 Å². The quantitative estimate of drug-likeness (QED) is 0.564. The summed E-state index contributed by atoms with van der Waals surface area (Å²) in [6, 6.07) is 15.4. The molecule has 0 amide bonds. The Morgan fingerprint density at radius 1 is 1.11 bits per heavy atom. The van der Waals surface area contributed by atoms with Gasteiger partial charge in [-0.2, -0.15) is 0 Å². The van der Waals surface area contributed by atoms with Gasteiger partial charge < -0.3 is 0 Å². The summed E-state index contributed by atoms with van der Waals surface area (Å²) >= 11 is 9.26. The summed E-state index contributed by atoms with van der Waals surface area (Å²) in [5.41, 5.74) is 2.00. The van der Waals surface area contributed by atoms with E-state index in [0.29, 0.717) is 6.54 Å². The van der Waals surface area contributed by atoms with E-state index in [9.17, 15) is 0 Å². The smallest absolute Gasteiger partial charge is 0.100 e. The van der Waals surface area contributed by atoms with Crippen LogP contribution in [-0.2, 0) is 0 Å². The van der Waals surface area contributed by atoms with Crippen LogP contribution in [0, 0.1) is 11.8 Å². The highest BCUT2D eigenvalue weighted by atomic mass is 79.9. The molecule has 0 fully saturated rings. The minimum absolute atomic E-state index is 0.476. The Hall–Kier alpha value is -1.56. The second-order valence-electron chi connectivity index (χ2n) is 3.80. The third-order valence-electron chi connectivity index (χ3n) is 2.38. The molecule has 0 saturated carbocycles. The van der Waals surface area contributed by atoms with Gasteiger partial charge in [-0.25, -0.2) is 0 Å².